The molecule has 0 unspecified atom stereocenters. The maximum absolute atomic E-state index is 12.2. The molecule has 2 aromatic carbocycles. The summed E-state index contributed by atoms with van der Waals surface area (Å²) in [6, 6.07) is 17.6. The van der Waals surface area contributed by atoms with Crippen molar-refractivity contribution in [1.82, 2.24) is 19.7 Å². The molecule has 2 aromatic heterocycles. The van der Waals surface area contributed by atoms with Crippen LogP contribution in [0.1, 0.15) is 16.3 Å². The molecule has 0 aliphatic heterocycles. The van der Waals surface area contributed by atoms with Crippen LogP contribution in [0, 0.1) is 6.92 Å². The third-order valence-electron chi connectivity index (χ3n) is 4.54. The van der Waals surface area contributed by atoms with E-state index >= 15 is 0 Å². The van der Waals surface area contributed by atoms with E-state index in [1.807, 2.05) is 59.5 Å². The van der Waals surface area contributed by atoms with E-state index < -0.39 is 0 Å². The molecule has 0 aliphatic carbocycles. The van der Waals surface area contributed by atoms with Crippen molar-refractivity contribution in [3.63, 3.8) is 0 Å². The molecule has 2 heterocycles. The zero-order valence-corrected chi connectivity index (χ0v) is 18.3. The minimum Gasteiger partial charge on any atom is -0.326 e. The van der Waals surface area contributed by atoms with Gasteiger partial charge < -0.3 is 9.88 Å². The van der Waals surface area contributed by atoms with E-state index in [0.29, 0.717) is 5.75 Å². The van der Waals surface area contributed by atoms with Crippen molar-refractivity contribution in [3.8, 4) is 11.4 Å². The van der Waals surface area contributed by atoms with Crippen LogP contribution in [-0.4, -0.2) is 25.7 Å². The van der Waals surface area contributed by atoms with E-state index in [9.17, 15) is 4.79 Å². The lowest BCUT2D eigenvalue weighted by atomic mass is 10.1. The summed E-state index contributed by atoms with van der Waals surface area (Å²) in [6.07, 6.45) is 0.269. The van der Waals surface area contributed by atoms with E-state index in [2.05, 4.69) is 39.6 Å². The summed E-state index contributed by atoms with van der Waals surface area (Å²) in [4.78, 5) is 16.8. The van der Waals surface area contributed by atoms with Crippen LogP contribution in [0.2, 0.25) is 0 Å². The van der Waals surface area contributed by atoms with E-state index in [1.165, 1.54) is 16.9 Å². The Morgan fingerprint density at radius 3 is 2.67 bits per heavy atom. The molecule has 0 bridgehead atoms. The first-order valence-corrected chi connectivity index (χ1v) is 11.3. The Kier molecular flexibility index (Phi) is 6.25. The lowest BCUT2D eigenvalue weighted by Gasteiger charge is -2.05. The fourth-order valence-corrected chi connectivity index (χ4v) is 4.70. The average molecular weight is 436 g/mol. The van der Waals surface area contributed by atoms with Crippen molar-refractivity contribution in [2.75, 3.05) is 5.32 Å². The van der Waals surface area contributed by atoms with Crippen molar-refractivity contribution in [3.05, 3.63) is 76.2 Å². The maximum Gasteiger partial charge on any atom is 0.231 e. The molecule has 0 saturated carbocycles. The number of rotatable bonds is 7. The predicted molar refractivity (Wildman–Crippen MR) is 122 cm³/mol. The minimum atomic E-state index is -0.0640. The standard InChI is InChI=1S/C22H21N5OS2/c1-15-8-6-7-11-18(15)21-25-26-22(27(21)2)30-14-17-13-29-20(24-17)12-19(28)23-16-9-4-3-5-10-16/h3-11,13H,12,14H2,1-2H3,(H,23,28). The first kappa shape index (κ1) is 20.3. The van der Waals surface area contributed by atoms with Gasteiger partial charge in [0.05, 0.1) is 12.1 Å². The number of nitrogens with one attached hydrogen (secondary N) is 1. The monoisotopic (exact) mass is 435 g/mol. The molecule has 0 radical (unpaired) electrons. The summed E-state index contributed by atoms with van der Waals surface area (Å²) in [7, 11) is 1.98. The van der Waals surface area contributed by atoms with Crippen LogP contribution in [0.15, 0.2) is 65.1 Å². The minimum absolute atomic E-state index is 0.0640. The van der Waals surface area contributed by atoms with Crippen LogP contribution in [0.4, 0.5) is 5.69 Å². The number of thioether (sulfide) groups is 1. The fraction of sp³-hybridized carbons (Fsp3) is 0.182. The Labute approximate surface area is 183 Å². The average Bonchev–Trinajstić information content (AvgIpc) is 3.34. The topological polar surface area (TPSA) is 72.7 Å². The summed E-state index contributed by atoms with van der Waals surface area (Å²) < 4.78 is 2.01. The molecule has 152 valence electrons. The number of benzene rings is 2. The first-order valence-electron chi connectivity index (χ1n) is 9.46. The molecular weight excluding hydrogens is 414 g/mol. The van der Waals surface area contributed by atoms with Crippen molar-refractivity contribution >= 4 is 34.7 Å². The summed E-state index contributed by atoms with van der Waals surface area (Å²) in [5, 5.41) is 15.2. The Hall–Kier alpha value is -2.97. The number of carbonyl (C=O) groups excluding carboxylic acids is 1. The number of anilines is 1. The van der Waals surface area contributed by atoms with E-state index in [0.717, 1.165) is 32.9 Å². The summed E-state index contributed by atoms with van der Waals surface area (Å²) in [6.45, 7) is 2.07. The number of aryl methyl sites for hydroxylation is 1. The Balaban J connectivity index is 1.36. The molecule has 1 amide bonds. The molecule has 1 N–H and O–H groups in total. The van der Waals surface area contributed by atoms with Crippen LogP contribution in [0.3, 0.4) is 0 Å². The van der Waals surface area contributed by atoms with Crippen molar-refractivity contribution in [2.45, 2.75) is 24.3 Å². The Morgan fingerprint density at radius 2 is 1.87 bits per heavy atom. The second kappa shape index (κ2) is 9.23. The van der Waals surface area contributed by atoms with Crippen LogP contribution >= 0.6 is 23.1 Å². The van der Waals surface area contributed by atoms with Gasteiger partial charge in [-0.3, -0.25) is 4.79 Å². The molecule has 4 rings (SSSR count). The quantitative estimate of drug-likeness (QED) is 0.425. The molecule has 0 fully saturated rings. The number of carbonyl (C=O) groups is 1. The van der Waals surface area contributed by atoms with Crippen LogP contribution in [0.5, 0.6) is 0 Å². The number of hydrogen-bond acceptors (Lipinski definition) is 6. The van der Waals surface area contributed by atoms with Crippen LogP contribution in [0.25, 0.3) is 11.4 Å². The highest BCUT2D eigenvalue weighted by Crippen LogP contribution is 2.27. The largest absolute Gasteiger partial charge is 0.326 e. The van der Waals surface area contributed by atoms with E-state index in [1.54, 1.807) is 11.8 Å². The van der Waals surface area contributed by atoms with Crippen LogP contribution < -0.4 is 5.32 Å². The molecule has 0 aliphatic rings. The van der Waals surface area contributed by atoms with Gasteiger partial charge in [0.1, 0.15) is 5.01 Å². The third kappa shape index (κ3) is 4.77. The van der Waals surface area contributed by atoms with Gasteiger partial charge in [0.2, 0.25) is 5.91 Å². The summed E-state index contributed by atoms with van der Waals surface area (Å²) in [5.41, 5.74) is 3.98. The summed E-state index contributed by atoms with van der Waals surface area (Å²) >= 11 is 3.09. The SMILES string of the molecule is Cc1ccccc1-c1nnc(SCc2csc(CC(=O)Nc3ccccc3)n2)n1C. The highest BCUT2D eigenvalue weighted by molar-refractivity contribution is 7.98. The first-order chi connectivity index (χ1) is 14.6. The third-order valence-corrected chi connectivity index (χ3v) is 6.49. The molecule has 6 nitrogen and oxygen atoms in total. The molecule has 30 heavy (non-hydrogen) atoms. The molecule has 4 aromatic rings. The highest BCUT2D eigenvalue weighted by Gasteiger charge is 2.14. The lowest BCUT2D eigenvalue weighted by Crippen LogP contribution is -2.14. The second-order valence-electron chi connectivity index (χ2n) is 6.79. The smallest absolute Gasteiger partial charge is 0.231 e. The van der Waals surface area contributed by atoms with Gasteiger partial charge in [-0.25, -0.2) is 4.98 Å². The van der Waals surface area contributed by atoms with Gasteiger partial charge >= 0.3 is 0 Å². The molecular formula is C22H21N5OS2. The molecule has 0 atom stereocenters. The number of aromatic nitrogens is 4. The van der Waals surface area contributed by atoms with Crippen molar-refractivity contribution < 1.29 is 4.79 Å². The Bertz CT molecular complexity index is 1150. The van der Waals surface area contributed by atoms with Gasteiger partial charge in [-0.2, -0.15) is 0 Å². The lowest BCUT2D eigenvalue weighted by molar-refractivity contribution is -0.115. The number of para-hydroxylation sites is 1. The zero-order valence-electron chi connectivity index (χ0n) is 16.7. The summed E-state index contributed by atoms with van der Waals surface area (Å²) in [5.74, 6) is 1.47. The molecule has 0 spiro atoms. The van der Waals surface area contributed by atoms with Gasteiger partial charge in [0.15, 0.2) is 11.0 Å². The predicted octanol–water partition coefficient (Wildman–Crippen LogP) is 4.72. The number of nitrogens with zero attached hydrogens (tertiary/aromatic N) is 4. The molecule has 0 saturated heterocycles. The van der Waals surface area contributed by atoms with Gasteiger partial charge in [-0.05, 0) is 24.6 Å². The number of amides is 1. The van der Waals surface area contributed by atoms with Gasteiger partial charge in [0, 0.05) is 29.4 Å². The van der Waals surface area contributed by atoms with E-state index in [-0.39, 0.29) is 12.3 Å². The fourth-order valence-electron chi connectivity index (χ4n) is 3.00. The Morgan fingerprint density at radius 1 is 1.10 bits per heavy atom. The van der Waals surface area contributed by atoms with Crippen LogP contribution in [-0.2, 0) is 24.0 Å². The number of hydrogen-bond donors (Lipinski definition) is 1. The van der Waals surface area contributed by atoms with Gasteiger partial charge in [-0.15, -0.1) is 21.5 Å². The highest BCUT2D eigenvalue weighted by atomic mass is 32.2. The van der Waals surface area contributed by atoms with Crippen molar-refractivity contribution in [2.24, 2.45) is 7.05 Å². The van der Waals surface area contributed by atoms with E-state index in [4.69, 9.17) is 0 Å². The maximum atomic E-state index is 12.2. The second-order valence-corrected chi connectivity index (χ2v) is 8.68. The van der Waals surface area contributed by atoms with Gasteiger partial charge in [0.25, 0.3) is 0 Å². The number of thiazole rings is 1. The van der Waals surface area contributed by atoms with Gasteiger partial charge in [-0.1, -0.05) is 54.2 Å². The zero-order chi connectivity index (χ0) is 20.9. The molecule has 8 heteroatoms. The normalized spacial score (nSPS) is 10.9. The van der Waals surface area contributed by atoms with Crippen molar-refractivity contribution in [1.29, 1.82) is 0 Å².